The minimum atomic E-state index is 0.191. The summed E-state index contributed by atoms with van der Waals surface area (Å²) >= 11 is 1.72. The van der Waals surface area contributed by atoms with Gasteiger partial charge < -0.3 is 5.73 Å². The maximum Gasteiger partial charge on any atom is 0.0750 e. The molecule has 1 heterocycles. The molecule has 0 bridgehead atoms. The fourth-order valence-corrected chi connectivity index (χ4v) is 1.96. The molecule has 1 aliphatic carbocycles. The Balaban J connectivity index is 2.40. The molecule has 2 N–H and O–H groups in total. The molecule has 1 atom stereocenters. The second-order valence-corrected chi connectivity index (χ2v) is 3.31. The van der Waals surface area contributed by atoms with Crippen LogP contribution in [0.15, 0.2) is 34.8 Å². The standard InChI is InChI=1S/C7H7NS/c8-7-4-5-2-1-3-6(5)9-7/h1-4,7H,8H2. The van der Waals surface area contributed by atoms with Crippen molar-refractivity contribution in [2.24, 2.45) is 5.73 Å². The van der Waals surface area contributed by atoms with Gasteiger partial charge >= 0.3 is 0 Å². The van der Waals surface area contributed by atoms with Crippen LogP contribution in [0, 0.1) is 0 Å². The Hall–Kier alpha value is -0.470. The summed E-state index contributed by atoms with van der Waals surface area (Å²) < 4.78 is 0. The van der Waals surface area contributed by atoms with Gasteiger partial charge in [0.2, 0.25) is 0 Å². The molecule has 9 heavy (non-hydrogen) atoms. The van der Waals surface area contributed by atoms with Gasteiger partial charge in [-0.05, 0) is 17.7 Å². The van der Waals surface area contributed by atoms with Gasteiger partial charge in [0.1, 0.15) is 0 Å². The van der Waals surface area contributed by atoms with Crippen LogP contribution in [0.3, 0.4) is 0 Å². The van der Waals surface area contributed by atoms with Gasteiger partial charge in [-0.1, -0.05) is 12.2 Å². The summed E-state index contributed by atoms with van der Waals surface area (Å²) in [6, 6.07) is 0. The largest absolute Gasteiger partial charge is 0.316 e. The third-order valence-electron chi connectivity index (χ3n) is 1.41. The molecule has 0 aromatic rings. The molecule has 1 nitrogen and oxygen atoms in total. The highest BCUT2D eigenvalue weighted by Gasteiger charge is 2.17. The molecular formula is C7H7NS. The molecule has 0 fully saturated rings. The van der Waals surface area contributed by atoms with Crippen molar-refractivity contribution in [3.8, 4) is 0 Å². The molecule has 2 heteroatoms. The third kappa shape index (κ3) is 0.749. The number of rotatable bonds is 0. The summed E-state index contributed by atoms with van der Waals surface area (Å²) in [5.41, 5.74) is 6.94. The first kappa shape index (κ1) is 5.33. The molecule has 0 saturated carbocycles. The summed E-state index contributed by atoms with van der Waals surface area (Å²) in [6.07, 6.45) is 8.33. The predicted octanol–water partition coefficient (Wildman–Crippen LogP) is 1.40. The average molecular weight is 137 g/mol. The number of hydrogen-bond donors (Lipinski definition) is 1. The van der Waals surface area contributed by atoms with Gasteiger partial charge in [0.15, 0.2) is 0 Å². The van der Waals surface area contributed by atoms with Crippen molar-refractivity contribution >= 4 is 11.8 Å². The van der Waals surface area contributed by atoms with E-state index >= 15 is 0 Å². The van der Waals surface area contributed by atoms with Crippen LogP contribution < -0.4 is 5.73 Å². The van der Waals surface area contributed by atoms with Crippen molar-refractivity contribution in [3.05, 3.63) is 34.8 Å². The lowest BCUT2D eigenvalue weighted by Gasteiger charge is -1.94. The number of nitrogens with two attached hydrogens (primary N) is 1. The summed E-state index contributed by atoms with van der Waals surface area (Å²) in [7, 11) is 0. The van der Waals surface area contributed by atoms with E-state index in [0.717, 1.165) is 0 Å². The molecule has 0 aromatic heterocycles. The Morgan fingerprint density at radius 3 is 3.22 bits per heavy atom. The maximum absolute atomic E-state index is 5.64. The van der Waals surface area contributed by atoms with Gasteiger partial charge in [-0.2, -0.15) is 0 Å². The van der Waals surface area contributed by atoms with Gasteiger partial charge in [-0.3, -0.25) is 0 Å². The number of fused-ring (bicyclic) bond motifs is 1. The van der Waals surface area contributed by atoms with E-state index < -0.39 is 0 Å². The maximum atomic E-state index is 5.64. The highest BCUT2D eigenvalue weighted by Crippen LogP contribution is 2.37. The molecule has 1 unspecified atom stereocenters. The Labute approximate surface area is 58.3 Å². The first-order valence-electron chi connectivity index (χ1n) is 2.89. The Morgan fingerprint density at radius 2 is 2.44 bits per heavy atom. The quantitative estimate of drug-likeness (QED) is 0.546. The fraction of sp³-hybridized carbons (Fsp3) is 0.143. The SMILES string of the molecule is NC1C=C2C=CC=C2S1. The Bertz CT molecular complexity index is 225. The van der Waals surface area contributed by atoms with Crippen LogP contribution in [0.4, 0.5) is 0 Å². The Kier molecular flexibility index (Phi) is 1.04. The van der Waals surface area contributed by atoms with E-state index in [4.69, 9.17) is 5.73 Å². The average Bonchev–Trinajstić information content (AvgIpc) is 2.22. The summed E-state index contributed by atoms with van der Waals surface area (Å²) in [6.45, 7) is 0. The lowest BCUT2D eigenvalue weighted by molar-refractivity contribution is 1.17. The molecule has 46 valence electrons. The van der Waals surface area contributed by atoms with E-state index in [0.29, 0.717) is 0 Å². The monoisotopic (exact) mass is 137 g/mol. The lowest BCUT2D eigenvalue weighted by atomic mass is 10.3. The molecule has 0 amide bonds. The molecule has 2 rings (SSSR count). The molecule has 1 aliphatic heterocycles. The molecular weight excluding hydrogens is 130 g/mol. The van der Waals surface area contributed by atoms with Crippen LogP contribution in [0.2, 0.25) is 0 Å². The molecule has 0 radical (unpaired) electrons. The Morgan fingerprint density at radius 1 is 1.56 bits per heavy atom. The van der Waals surface area contributed by atoms with Crippen molar-refractivity contribution in [1.82, 2.24) is 0 Å². The van der Waals surface area contributed by atoms with Crippen LogP contribution in [-0.2, 0) is 0 Å². The van der Waals surface area contributed by atoms with E-state index in [9.17, 15) is 0 Å². The van der Waals surface area contributed by atoms with Crippen molar-refractivity contribution in [2.75, 3.05) is 0 Å². The highest BCUT2D eigenvalue weighted by atomic mass is 32.2. The van der Waals surface area contributed by atoms with Crippen LogP contribution in [-0.4, -0.2) is 5.37 Å². The molecule has 0 aromatic carbocycles. The number of thioether (sulfide) groups is 1. The van der Waals surface area contributed by atoms with E-state index in [1.54, 1.807) is 11.8 Å². The van der Waals surface area contributed by atoms with Gasteiger partial charge in [0, 0.05) is 4.91 Å². The van der Waals surface area contributed by atoms with E-state index in [2.05, 4.69) is 24.3 Å². The molecule has 0 spiro atoms. The highest BCUT2D eigenvalue weighted by molar-refractivity contribution is 8.04. The van der Waals surface area contributed by atoms with Gasteiger partial charge in [-0.25, -0.2) is 0 Å². The zero-order chi connectivity index (χ0) is 6.27. The van der Waals surface area contributed by atoms with Gasteiger partial charge in [0.25, 0.3) is 0 Å². The number of hydrogen-bond acceptors (Lipinski definition) is 2. The lowest BCUT2D eigenvalue weighted by Crippen LogP contribution is -2.07. The van der Waals surface area contributed by atoms with Crippen molar-refractivity contribution in [2.45, 2.75) is 5.37 Å². The zero-order valence-electron chi connectivity index (χ0n) is 4.87. The second kappa shape index (κ2) is 1.75. The topological polar surface area (TPSA) is 26.0 Å². The van der Waals surface area contributed by atoms with E-state index in [-0.39, 0.29) is 5.37 Å². The van der Waals surface area contributed by atoms with Crippen LogP contribution >= 0.6 is 11.8 Å². The second-order valence-electron chi connectivity index (χ2n) is 2.09. The summed E-state index contributed by atoms with van der Waals surface area (Å²) in [5, 5.41) is 0.191. The zero-order valence-corrected chi connectivity index (χ0v) is 5.69. The van der Waals surface area contributed by atoms with E-state index in [1.807, 2.05) is 0 Å². The molecule has 0 saturated heterocycles. The first-order chi connectivity index (χ1) is 4.36. The smallest absolute Gasteiger partial charge is 0.0750 e. The number of allylic oxidation sites excluding steroid dienone is 4. The third-order valence-corrected chi connectivity index (χ3v) is 2.45. The van der Waals surface area contributed by atoms with Crippen molar-refractivity contribution in [3.63, 3.8) is 0 Å². The van der Waals surface area contributed by atoms with Gasteiger partial charge in [-0.15, -0.1) is 11.8 Å². The van der Waals surface area contributed by atoms with Crippen molar-refractivity contribution in [1.29, 1.82) is 0 Å². The fourth-order valence-electron chi connectivity index (χ4n) is 1.02. The molecule has 2 aliphatic rings. The minimum absolute atomic E-state index is 0.191. The van der Waals surface area contributed by atoms with Crippen molar-refractivity contribution < 1.29 is 0 Å². The summed E-state index contributed by atoms with van der Waals surface area (Å²) in [4.78, 5) is 1.32. The van der Waals surface area contributed by atoms with Crippen LogP contribution in [0.5, 0.6) is 0 Å². The van der Waals surface area contributed by atoms with E-state index in [1.165, 1.54) is 10.5 Å². The van der Waals surface area contributed by atoms with Crippen LogP contribution in [0.25, 0.3) is 0 Å². The predicted molar refractivity (Wildman–Crippen MR) is 40.9 cm³/mol. The van der Waals surface area contributed by atoms with Crippen LogP contribution in [0.1, 0.15) is 0 Å². The normalized spacial score (nSPS) is 30.1. The summed E-state index contributed by atoms with van der Waals surface area (Å²) in [5.74, 6) is 0. The van der Waals surface area contributed by atoms with Gasteiger partial charge in [0.05, 0.1) is 5.37 Å². The minimum Gasteiger partial charge on any atom is -0.316 e. The first-order valence-corrected chi connectivity index (χ1v) is 3.77.